The van der Waals surface area contributed by atoms with E-state index in [0.29, 0.717) is 0 Å². The number of amides is 2. The van der Waals surface area contributed by atoms with Crippen molar-refractivity contribution in [3.63, 3.8) is 0 Å². The van der Waals surface area contributed by atoms with E-state index >= 15 is 0 Å². The fraction of sp³-hybridized carbons (Fsp3) is 0.357. The summed E-state index contributed by atoms with van der Waals surface area (Å²) < 4.78 is 0. The summed E-state index contributed by atoms with van der Waals surface area (Å²) in [4.78, 5) is 46.2. The molecular weight excluding hydrogens is 441 g/mol. The number of halogens is 1. The third-order valence-corrected chi connectivity index (χ3v) is 6.09. The van der Waals surface area contributed by atoms with Crippen LogP contribution in [0.2, 0.25) is 0 Å². The van der Waals surface area contributed by atoms with Crippen molar-refractivity contribution in [2.45, 2.75) is 18.3 Å². The topological polar surface area (TPSA) is 150 Å². The first-order valence-corrected chi connectivity index (χ1v) is 9.92. The van der Waals surface area contributed by atoms with Crippen LogP contribution in [0.25, 0.3) is 0 Å². The second-order valence-corrected chi connectivity index (χ2v) is 7.78. The molecule has 144 valence electrons. The van der Waals surface area contributed by atoms with Gasteiger partial charge in [-0.25, -0.2) is 4.98 Å². The third-order valence-electron chi connectivity index (χ3n) is 3.67. The number of anilines is 1. The molecule has 3 heterocycles. The average Bonchev–Trinajstić information content (AvgIpc) is 3.05. The van der Waals surface area contributed by atoms with Crippen LogP contribution in [0.5, 0.6) is 0 Å². The number of carbonyl (C=O) groups excluding carboxylic acids is 3. The summed E-state index contributed by atoms with van der Waals surface area (Å²) >= 11 is 8.24. The van der Waals surface area contributed by atoms with Crippen LogP contribution < -0.4 is 45.7 Å². The molecule has 3 rings (SSSR count). The van der Waals surface area contributed by atoms with Crippen molar-refractivity contribution >= 4 is 63.3 Å². The monoisotopic (exact) mass is 453 g/mol. The Hall–Kier alpha value is -1.31. The van der Waals surface area contributed by atoms with Crippen LogP contribution in [0, 0.1) is 0 Å². The largest absolute Gasteiger partial charge is 1.00 e. The first-order valence-electron chi connectivity index (χ1n) is 7.62. The molecule has 0 spiro atoms. The molecule has 2 atom stereocenters. The van der Waals surface area contributed by atoms with Gasteiger partial charge in [0, 0.05) is 11.1 Å². The maximum Gasteiger partial charge on any atom is 1.00 e. The van der Waals surface area contributed by atoms with E-state index in [9.17, 15) is 19.5 Å². The van der Waals surface area contributed by atoms with Gasteiger partial charge in [0.15, 0.2) is 10.8 Å². The molecule has 3 N–H and O–H groups in total. The number of oxime groups is 1. The molecule has 1 fully saturated rings. The second kappa shape index (κ2) is 9.46. The predicted molar refractivity (Wildman–Crippen MR) is 97.6 cm³/mol. The Bertz CT molecular complexity index is 876. The molecule has 2 aliphatic rings. The molecule has 1 aromatic rings. The second-order valence-electron chi connectivity index (χ2n) is 5.33. The number of hydrogen-bond acceptors (Lipinski definition) is 10. The van der Waals surface area contributed by atoms with Crippen molar-refractivity contribution in [2.75, 3.05) is 18.1 Å². The molecule has 1 unspecified atom stereocenters. The Morgan fingerprint density at radius 2 is 2.29 bits per heavy atom. The summed E-state index contributed by atoms with van der Waals surface area (Å²) in [6, 6.07) is -0.940. The van der Waals surface area contributed by atoms with E-state index in [2.05, 4.69) is 15.5 Å². The number of carboxylic acid groups (broad SMARTS) is 1. The number of aromatic nitrogens is 1. The number of β-lactam (4-membered cyclic amide) rings is 1. The van der Waals surface area contributed by atoms with Crippen molar-refractivity contribution in [3.8, 4) is 0 Å². The summed E-state index contributed by atoms with van der Waals surface area (Å²) in [5.41, 5.74) is 5.29. The van der Waals surface area contributed by atoms with Crippen molar-refractivity contribution < 1.29 is 53.9 Å². The third kappa shape index (κ3) is 4.31. The van der Waals surface area contributed by atoms with Gasteiger partial charge in [-0.2, -0.15) is 0 Å². The molecule has 2 aliphatic heterocycles. The van der Waals surface area contributed by atoms with Gasteiger partial charge in [0.2, 0.25) is 0 Å². The zero-order chi connectivity index (χ0) is 19.7. The fourth-order valence-electron chi connectivity index (χ4n) is 2.51. The van der Waals surface area contributed by atoms with E-state index in [1.54, 1.807) is 6.92 Å². The minimum Gasteiger partial charge on any atom is -0.543 e. The van der Waals surface area contributed by atoms with Gasteiger partial charge in [0.25, 0.3) is 11.8 Å². The summed E-state index contributed by atoms with van der Waals surface area (Å²) in [6.45, 7) is 1.92. The van der Waals surface area contributed by atoms with Crippen LogP contribution in [-0.4, -0.2) is 57.2 Å². The molecule has 28 heavy (non-hydrogen) atoms. The molecule has 1 aromatic heterocycles. The number of thiazole rings is 1. The molecule has 0 saturated carbocycles. The molecule has 2 amide bonds. The number of nitrogen functional groups attached to an aromatic ring is 1. The zero-order valence-electron chi connectivity index (χ0n) is 14.8. The number of carbonyl (C=O) groups is 3. The number of nitrogens with two attached hydrogens (primary N) is 1. The first-order chi connectivity index (χ1) is 12.8. The molecule has 1 saturated heterocycles. The molecule has 0 radical (unpaired) electrons. The smallest absolute Gasteiger partial charge is 0.543 e. The van der Waals surface area contributed by atoms with Crippen molar-refractivity contribution in [2.24, 2.45) is 5.16 Å². The number of carboxylic acids is 1. The van der Waals surface area contributed by atoms with Gasteiger partial charge in [-0.05, 0) is 6.92 Å². The molecule has 0 aromatic carbocycles. The maximum absolute atomic E-state index is 12.6. The number of nitrogens with zero attached hydrogens (tertiary/aromatic N) is 3. The van der Waals surface area contributed by atoms with Crippen molar-refractivity contribution in [1.82, 2.24) is 15.2 Å². The normalized spacial score (nSPS) is 21.4. The number of rotatable bonds is 6. The van der Waals surface area contributed by atoms with Crippen LogP contribution in [0.15, 0.2) is 21.3 Å². The van der Waals surface area contributed by atoms with Gasteiger partial charge in [-0.3, -0.25) is 14.5 Å². The summed E-state index contributed by atoms with van der Waals surface area (Å²) in [6.07, 6.45) is 0. The van der Waals surface area contributed by atoms with E-state index in [1.807, 2.05) is 0 Å². The van der Waals surface area contributed by atoms with Gasteiger partial charge >= 0.3 is 29.6 Å². The Balaban J connectivity index is 0.00000280. The number of hydrogen-bond donors (Lipinski definition) is 2. The number of thioether (sulfide) groups is 1. The Morgan fingerprint density at radius 1 is 1.57 bits per heavy atom. The predicted octanol–water partition coefficient (Wildman–Crippen LogP) is -3.93. The van der Waals surface area contributed by atoms with E-state index in [1.165, 1.54) is 17.1 Å². The van der Waals surface area contributed by atoms with Gasteiger partial charge in [-0.15, -0.1) is 23.1 Å². The maximum atomic E-state index is 12.6. The van der Waals surface area contributed by atoms with Crippen LogP contribution in [-0.2, 0) is 19.2 Å². The van der Waals surface area contributed by atoms with Gasteiger partial charge in [0.05, 0.1) is 16.7 Å². The van der Waals surface area contributed by atoms with E-state index in [4.69, 9.17) is 22.2 Å². The van der Waals surface area contributed by atoms with E-state index in [0.717, 1.165) is 16.2 Å². The minimum atomic E-state index is -1.54. The van der Waals surface area contributed by atoms with Gasteiger partial charge in [-0.1, -0.05) is 16.8 Å². The van der Waals surface area contributed by atoms with Crippen molar-refractivity contribution in [1.29, 1.82) is 0 Å². The molecule has 14 heteroatoms. The number of aliphatic carboxylic acids is 1. The number of fused-ring (bicyclic) bond motifs is 1. The minimum absolute atomic E-state index is 0. The Morgan fingerprint density at radius 3 is 2.86 bits per heavy atom. The zero-order valence-corrected chi connectivity index (χ0v) is 19.2. The SMILES string of the molecule is CCON=C(C(=O)NC1C(=O)N2C(C(=O)[O-])=C(Cl)CS[C@@H]12)c1csc(N)n1.[Na+]. The van der Waals surface area contributed by atoms with Crippen LogP contribution in [0.3, 0.4) is 0 Å². The molecule has 10 nitrogen and oxygen atoms in total. The Labute approximate surface area is 194 Å². The summed E-state index contributed by atoms with van der Waals surface area (Å²) in [7, 11) is 0. The van der Waals surface area contributed by atoms with E-state index < -0.39 is 29.2 Å². The van der Waals surface area contributed by atoms with Crippen molar-refractivity contribution in [3.05, 3.63) is 21.8 Å². The van der Waals surface area contributed by atoms with Crippen LogP contribution in [0.4, 0.5) is 5.13 Å². The summed E-state index contributed by atoms with van der Waals surface area (Å²) in [5, 5.41) is 18.7. The Kier molecular flexibility index (Phi) is 7.76. The average molecular weight is 454 g/mol. The fourth-order valence-corrected chi connectivity index (χ4v) is 4.61. The quantitative estimate of drug-likeness (QED) is 0.192. The van der Waals surface area contributed by atoms with Crippen LogP contribution >= 0.6 is 34.7 Å². The standard InChI is InChI=1S/C14H14ClN5O5S2.Na/c1-2-25-19-7(6-4-27-14(16)17-6)10(21)18-8-11(22)20-9(13(23)24)5(15)3-26-12(8)20;/h4,8,12H,2-3H2,1H3,(H2,16,17)(H,18,21)(H,23,24);/q;+1/p-1/t8?,12-;/m0./s1. The van der Waals surface area contributed by atoms with Gasteiger partial charge < -0.3 is 25.8 Å². The van der Waals surface area contributed by atoms with Gasteiger partial charge in [0.1, 0.15) is 23.7 Å². The van der Waals surface area contributed by atoms with Crippen LogP contribution in [0.1, 0.15) is 12.6 Å². The molecule has 0 bridgehead atoms. The number of nitrogens with one attached hydrogen (secondary N) is 1. The van der Waals surface area contributed by atoms with E-state index in [-0.39, 0.29) is 69.2 Å². The summed E-state index contributed by atoms with van der Waals surface area (Å²) in [5.74, 6) is -2.65. The molecule has 0 aliphatic carbocycles. The first kappa shape index (κ1) is 23.0. The molecular formula is C14H13ClN5NaO5S2.